The van der Waals surface area contributed by atoms with E-state index in [0.717, 1.165) is 38.5 Å². The van der Waals surface area contributed by atoms with Gasteiger partial charge in [0, 0.05) is 12.8 Å². The van der Waals surface area contributed by atoms with E-state index in [-0.39, 0.29) is 18.5 Å². The van der Waals surface area contributed by atoms with Gasteiger partial charge in [0.2, 0.25) is 5.91 Å². The van der Waals surface area contributed by atoms with Crippen LogP contribution < -0.4 is 5.32 Å². The number of aliphatic hydroxyl groups is 2. The fourth-order valence-corrected chi connectivity index (χ4v) is 10.9. The maximum Gasteiger partial charge on any atom is 0.305 e. The van der Waals surface area contributed by atoms with Crippen LogP contribution in [0, 0.1) is 0 Å². The first kappa shape index (κ1) is 74.3. The highest BCUT2D eigenvalue weighted by atomic mass is 16.5. The summed E-state index contributed by atoms with van der Waals surface area (Å²) in [6, 6.07) is -0.625. The number of ether oxygens (including phenoxy) is 1. The molecule has 0 aliphatic heterocycles. The Bertz CT molecular complexity index is 1190. The third kappa shape index (κ3) is 61.6. The van der Waals surface area contributed by atoms with Crippen LogP contribution in [-0.2, 0) is 14.3 Å². The first-order valence-corrected chi connectivity index (χ1v) is 34.6. The minimum Gasteiger partial charge on any atom is -0.466 e. The predicted octanol–water partition coefficient (Wildman–Crippen LogP) is 22.1. The van der Waals surface area contributed by atoms with Crippen LogP contribution >= 0.6 is 0 Å². The molecule has 6 heteroatoms. The Morgan fingerprint density at radius 2 is 0.618 bits per heavy atom. The van der Waals surface area contributed by atoms with Crippen LogP contribution in [0.3, 0.4) is 0 Å². The van der Waals surface area contributed by atoms with Crippen LogP contribution in [0.2, 0.25) is 0 Å². The molecule has 0 aromatic rings. The SMILES string of the molecule is CCCCCCCCCCC/C=C/C(O)C(CO)NC(=O)CCCCCCCCCCCCCCC/C=C\CCCCCCCCCCCCCCOC(=O)CCCCCCCCCCCCCCCCCCCCC. The van der Waals surface area contributed by atoms with Gasteiger partial charge in [0.25, 0.3) is 0 Å². The molecule has 0 fully saturated rings. The van der Waals surface area contributed by atoms with E-state index in [1.54, 1.807) is 6.08 Å². The second-order valence-corrected chi connectivity index (χ2v) is 23.9. The normalized spacial score (nSPS) is 12.6. The topological polar surface area (TPSA) is 95.9 Å². The monoisotopic (exact) mass is 1070 g/mol. The molecule has 3 N–H and O–H groups in total. The molecule has 76 heavy (non-hydrogen) atoms. The number of rotatable bonds is 65. The number of amides is 1. The molecule has 0 aliphatic carbocycles. The molecule has 0 rings (SSSR count). The number of aliphatic hydroxyl groups excluding tert-OH is 2. The summed E-state index contributed by atoms with van der Waals surface area (Å²) in [4.78, 5) is 24.5. The zero-order valence-corrected chi connectivity index (χ0v) is 51.5. The lowest BCUT2D eigenvalue weighted by Gasteiger charge is -2.20. The smallest absolute Gasteiger partial charge is 0.305 e. The van der Waals surface area contributed by atoms with Crippen molar-refractivity contribution in [3.8, 4) is 0 Å². The van der Waals surface area contributed by atoms with Gasteiger partial charge in [0.05, 0.1) is 25.4 Å². The lowest BCUT2D eigenvalue weighted by atomic mass is 10.0. The molecule has 450 valence electrons. The molecule has 0 radical (unpaired) electrons. The minimum atomic E-state index is -0.842. The van der Waals surface area contributed by atoms with Crippen LogP contribution in [-0.4, -0.2) is 47.4 Å². The largest absolute Gasteiger partial charge is 0.466 e. The van der Waals surface area contributed by atoms with Gasteiger partial charge in [-0.2, -0.15) is 0 Å². The molecular formula is C70H135NO5. The number of hydrogen-bond donors (Lipinski definition) is 3. The van der Waals surface area contributed by atoms with Crippen LogP contribution in [0.25, 0.3) is 0 Å². The highest BCUT2D eigenvalue weighted by molar-refractivity contribution is 5.76. The van der Waals surface area contributed by atoms with E-state index >= 15 is 0 Å². The average Bonchev–Trinajstić information content (AvgIpc) is 3.42. The van der Waals surface area contributed by atoms with Crippen molar-refractivity contribution in [3.05, 3.63) is 24.3 Å². The van der Waals surface area contributed by atoms with Gasteiger partial charge in [-0.15, -0.1) is 0 Å². The second kappa shape index (κ2) is 65.9. The van der Waals surface area contributed by atoms with Gasteiger partial charge in [0.15, 0.2) is 0 Å². The predicted molar refractivity (Wildman–Crippen MR) is 333 cm³/mol. The Labute approximate surface area is 475 Å². The van der Waals surface area contributed by atoms with Crippen molar-refractivity contribution in [3.63, 3.8) is 0 Å². The van der Waals surface area contributed by atoms with Crippen LogP contribution in [0.4, 0.5) is 0 Å². The number of allylic oxidation sites excluding steroid dienone is 3. The molecule has 6 nitrogen and oxygen atoms in total. The summed E-state index contributed by atoms with van der Waals surface area (Å²) in [5.41, 5.74) is 0. The van der Waals surface area contributed by atoms with Gasteiger partial charge in [0.1, 0.15) is 0 Å². The van der Waals surface area contributed by atoms with Crippen molar-refractivity contribution in [1.82, 2.24) is 5.32 Å². The Kier molecular flexibility index (Phi) is 64.4. The third-order valence-corrected chi connectivity index (χ3v) is 16.2. The summed E-state index contributed by atoms with van der Waals surface area (Å²) in [5.74, 6) is -0.0454. The first-order chi connectivity index (χ1) is 37.5. The van der Waals surface area contributed by atoms with Gasteiger partial charge in [-0.3, -0.25) is 9.59 Å². The van der Waals surface area contributed by atoms with E-state index in [2.05, 4.69) is 31.3 Å². The van der Waals surface area contributed by atoms with Crippen molar-refractivity contribution in [2.45, 2.75) is 398 Å². The number of esters is 1. The molecule has 0 aromatic carbocycles. The van der Waals surface area contributed by atoms with Crippen molar-refractivity contribution in [1.29, 1.82) is 0 Å². The van der Waals surface area contributed by atoms with Crippen molar-refractivity contribution in [2.24, 2.45) is 0 Å². The zero-order valence-electron chi connectivity index (χ0n) is 51.5. The van der Waals surface area contributed by atoms with Gasteiger partial charge in [-0.05, 0) is 57.8 Å². The summed E-state index contributed by atoms with van der Waals surface area (Å²) in [6.07, 6.45) is 82.6. The molecule has 1 amide bonds. The van der Waals surface area contributed by atoms with Crippen molar-refractivity contribution < 1.29 is 24.5 Å². The summed E-state index contributed by atoms with van der Waals surface area (Å²) in [6.45, 7) is 4.92. The summed E-state index contributed by atoms with van der Waals surface area (Å²) < 4.78 is 5.51. The van der Waals surface area contributed by atoms with Gasteiger partial charge < -0.3 is 20.3 Å². The van der Waals surface area contributed by atoms with E-state index in [1.165, 1.54) is 321 Å². The minimum absolute atomic E-state index is 0.0215. The molecule has 0 saturated carbocycles. The number of unbranched alkanes of at least 4 members (excludes halogenated alkanes) is 52. The standard InChI is InChI=1S/C70H135NO5/c1-3-5-7-9-11-13-15-16-17-18-30-34-37-40-44-48-52-56-60-64-70(75)76-65-61-57-53-49-45-41-38-35-32-29-27-25-23-21-19-20-22-24-26-28-31-33-36-39-43-47-51-55-59-63-69(74)71-67(66-72)68(73)62-58-54-50-46-42-14-12-10-8-6-4-2/h19,21,58,62,67-68,72-73H,3-18,20,22-57,59-61,63-66H2,1-2H3,(H,71,74)/b21-19-,62-58+. The first-order valence-electron chi connectivity index (χ1n) is 34.6. The van der Waals surface area contributed by atoms with E-state index < -0.39 is 12.1 Å². The van der Waals surface area contributed by atoms with Gasteiger partial charge >= 0.3 is 5.97 Å². The number of nitrogens with one attached hydrogen (secondary N) is 1. The van der Waals surface area contributed by atoms with E-state index in [4.69, 9.17) is 4.74 Å². The summed E-state index contributed by atoms with van der Waals surface area (Å²) in [5, 5.41) is 23.0. The third-order valence-electron chi connectivity index (χ3n) is 16.2. The molecule has 2 unspecified atom stereocenters. The lowest BCUT2D eigenvalue weighted by Crippen LogP contribution is -2.45. The molecular weight excluding hydrogens is 935 g/mol. The van der Waals surface area contributed by atoms with Gasteiger partial charge in [-0.1, -0.05) is 340 Å². The maximum atomic E-state index is 12.4. The summed E-state index contributed by atoms with van der Waals surface area (Å²) in [7, 11) is 0. The summed E-state index contributed by atoms with van der Waals surface area (Å²) >= 11 is 0. The van der Waals surface area contributed by atoms with E-state index in [9.17, 15) is 19.8 Å². The Hall–Kier alpha value is -1.66. The Morgan fingerprint density at radius 1 is 0.355 bits per heavy atom. The Morgan fingerprint density at radius 3 is 0.934 bits per heavy atom. The molecule has 2 atom stereocenters. The number of carbonyl (C=O) groups excluding carboxylic acids is 2. The van der Waals surface area contributed by atoms with E-state index in [1.807, 2.05) is 6.08 Å². The van der Waals surface area contributed by atoms with Crippen LogP contribution in [0.1, 0.15) is 386 Å². The molecule has 0 heterocycles. The lowest BCUT2D eigenvalue weighted by molar-refractivity contribution is -0.143. The number of hydrogen-bond acceptors (Lipinski definition) is 5. The highest BCUT2D eigenvalue weighted by Gasteiger charge is 2.18. The van der Waals surface area contributed by atoms with Crippen molar-refractivity contribution in [2.75, 3.05) is 13.2 Å². The molecule has 0 aliphatic rings. The van der Waals surface area contributed by atoms with E-state index in [0.29, 0.717) is 19.4 Å². The zero-order chi connectivity index (χ0) is 55.0. The van der Waals surface area contributed by atoms with Crippen molar-refractivity contribution >= 4 is 11.9 Å². The Balaban J connectivity index is 3.34. The quantitative estimate of drug-likeness (QED) is 0.0320. The van der Waals surface area contributed by atoms with Crippen LogP contribution in [0.15, 0.2) is 24.3 Å². The molecule has 0 aromatic heterocycles. The van der Waals surface area contributed by atoms with Gasteiger partial charge in [-0.25, -0.2) is 0 Å². The average molecular weight is 1070 g/mol. The molecule has 0 spiro atoms. The number of carbonyl (C=O) groups is 2. The second-order valence-electron chi connectivity index (χ2n) is 23.9. The maximum absolute atomic E-state index is 12.4. The molecule has 0 bridgehead atoms. The fraction of sp³-hybridized carbons (Fsp3) is 0.914. The highest BCUT2D eigenvalue weighted by Crippen LogP contribution is 2.18. The molecule has 0 saturated heterocycles. The van der Waals surface area contributed by atoms with Crippen LogP contribution in [0.5, 0.6) is 0 Å². The fourth-order valence-electron chi connectivity index (χ4n) is 10.9.